The third-order valence-electron chi connectivity index (χ3n) is 5.95. The lowest BCUT2D eigenvalue weighted by Gasteiger charge is -2.25. The first kappa shape index (κ1) is 26.5. The summed E-state index contributed by atoms with van der Waals surface area (Å²) in [5.41, 5.74) is 2.85. The molecule has 2 amide bonds. The first-order chi connectivity index (χ1) is 18.2. The van der Waals surface area contributed by atoms with Gasteiger partial charge in [-0.3, -0.25) is 9.59 Å². The third-order valence-corrected chi connectivity index (χ3v) is 5.95. The molecule has 0 spiro atoms. The van der Waals surface area contributed by atoms with E-state index >= 15 is 0 Å². The molecule has 1 heterocycles. The molecule has 4 rings (SSSR count). The van der Waals surface area contributed by atoms with E-state index in [4.69, 9.17) is 4.74 Å². The largest absolute Gasteiger partial charge is 0.497 e. The van der Waals surface area contributed by atoms with Crippen LogP contribution in [0.25, 0.3) is 0 Å². The highest BCUT2D eigenvalue weighted by atomic mass is 19.1. The first-order valence-electron chi connectivity index (χ1n) is 11.8. The van der Waals surface area contributed by atoms with Crippen molar-refractivity contribution >= 4 is 17.5 Å². The van der Waals surface area contributed by atoms with Crippen LogP contribution in [0.2, 0.25) is 0 Å². The summed E-state index contributed by atoms with van der Waals surface area (Å²) in [5, 5.41) is 10.6. The van der Waals surface area contributed by atoms with E-state index in [2.05, 4.69) is 15.6 Å². The molecule has 8 nitrogen and oxygen atoms in total. The number of hydrogen-bond donors (Lipinski definition) is 1. The number of anilines is 1. The summed E-state index contributed by atoms with van der Waals surface area (Å²) in [6, 6.07) is 16.5. The van der Waals surface area contributed by atoms with E-state index in [-0.39, 0.29) is 17.7 Å². The number of nitrogens with zero attached hydrogens (tertiary/aromatic N) is 4. The average Bonchev–Trinajstić information content (AvgIpc) is 3.35. The lowest BCUT2D eigenvalue weighted by atomic mass is 10.0. The van der Waals surface area contributed by atoms with E-state index in [1.165, 1.54) is 22.9 Å². The zero-order valence-electron chi connectivity index (χ0n) is 21.2. The van der Waals surface area contributed by atoms with Gasteiger partial charge in [0.2, 0.25) is 5.91 Å². The number of halogens is 2. The van der Waals surface area contributed by atoms with Gasteiger partial charge in [-0.2, -0.15) is 0 Å². The number of rotatable bonds is 9. The Labute approximate surface area is 218 Å². The van der Waals surface area contributed by atoms with Crippen molar-refractivity contribution in [2.45, 2.75) is 25.9 Å². The van der Waals surface area contributed by atoms with Crippen molar-refractivity contribution in [3.05, 3.63) is 107 Å². The summed E-state index contributed by atoms with van der Waals surface area (Å²) in [6.45, 7) is 2.39. The normalized spacial score (nSPS) is 11.6. The number of aryl methyl sites for hydroxylation is 1. The van der Waals surface area contributed by atoms with Gasteiger partial charge in [0.1, 0.15) is 23.4 Å². The second kappa shape index (κ2) is 11.6. The number of carbonyl (C=O) groups excluding carboxylic acids is 2. The molecule has 38 heavy (non-hydrogen) atoms. The minimum Gasteiger partial charge on any atom is -0.497 e. The van der Waals surface area contributed by atoms with Gasteiger partial charge in [0, 0.05) is 25.2 Å². The van der Waals surface area contributed by atoms with Crippen LogP contribution in [0.5, 0.6) is 5.75 Å². The SMILES string of the molecule is COc1ccc(N(C)C(=O)C(Cc2cc(F)cc(F)c2)NC(=O)c2cn(Cc3cccc(C)c3)nn2)cc1. The van der Waals surface area contributed by atoms with Gasteiger partial charge in [0.25, 0.3) is 5.91 Å². The number of carbonyl (C=O) groups is 2. The number of methoxy groups -OCH3 is 1. The minimum absolute atomic E-state index is 0.00739. The highest BCUT2D eigenvalue weighted by Gasteiger charge is 2.27. The Bertz CT molecular complexity index is 1420. The number of ether oxygens (including phenoxy) is 1. The number of amides is 2. The van der Waals surface area contributed by atoms with Gasteiger partial charge >= 0.3 is 0 Å². The summed E-state index contributed by atoms with van der Waals surface area (Å²) in [5.74, 6) is -2.07. The number of aromatic nitrogens is 3. The first-order valence-corrected chi connectivity index (χ1v) is 11.8. The maximum atomic E-state index is 13.9. The van der Waals surface area contributed by atoms with Gasteiger partial charge in [-0.1, -0.05) is 35.0 Å². The van der Waals surface area contributed by atoms with Gasteiger partial charge in [-0.15, -0.1) is 5.10 Å². The van der Waals surface area contributed by atoms with Crippen LogP contribution >= 0.6 is 0 Å². The molecule has 1 unspecified atom stereocenters. The Morgan fingerprint density at radius 3 is 2.39 bits per heavy atom. The Kier molecular flexibility index (Phi) is 8.10. The summed E-state index contributed by atoms with van der Waals surface area (Å²) >= 11 is 0. The third kappa shape index (κ3) is 6.58. The molecule has 0 aliphatic carbocycles. The van der Waals surface area contributed by atoms with Crippen molar-refractivity contribution in [3.8, 4) is 5.75 Å². The zero-order chi connectivity index (χ0) is 27.2. The van der Waals surface area contributed by atoms with Gasteiger partial charge < -0.3 is 15.0 Å². The Balaban J connectivity index is 1.55. The number of benzene rings is 3. The molecular formula is C28H27F2N5O3. The molecule has 4 aromatic rings. The quantitative estimate of drug-likeness (QED) is 0.362. The van der Waals surface area contributed by atoms with Crippen LogP contribution in [-0.4, -0.2) is 47.0 Å². The molecule has 0 radical (unpaired) electrons. The lowest BCUT2D eigenvalue weighted by Crippen LogP contribution is -2.49. The van der Waals surface area contributed by atoms with Crippen LogP contribution in [0.3, 0.4) is 0 Å². The highest BCUT2D eigenvalue weighted by molar-refractivity contribution is 6.01. The molecule has 0 saturated heterocycles. The molecule has 0 saturated carbocycles. The van der Waals surface area contributed by atoms with Crippen LogP contribution in [-0.2, 0) is 17.8 Å². The second-order valence-corrected chi connectivity index (χ2v) is 8.89. The molecule has 1 N–H and O–H groups in total. The van der Waals surface area contributed by atoms with E-state index in [9.17, 15) is 18.4 Å². The fourth-order valence-electron chi connectivity index (χ4n) is 4.04. The van der Waals surface area contributed by atoms with E-state index in [1.54, 1.807) is 31.3 Å². The van der Waals surface area contributed by atoms with Crippen LogP contribution in [0.1, 0.15) is 27.2 Å². The predicted molar refractivity (Wildman–Crippen MR) is 138 cm³/mol. The van der Waals surface area contributed by atoms with E-state index in [0.29, 0.717) is 18.0 Å². The monoisotopic (exact) mass is 519 g/mol. The molecule has 1 aromatic heterocycles. The standard InChI is InChI=1S/C28H27F2N5O3/c1-18-5-4-6-19(11-18)16-35-17-26(32-33-35)27(36)31-25(14-20-12-21(29)15-22(30)13-20)28(37)34(2)23-7-9-24(38-3)10-8-23/h4-13,15,17,25H,14,16H2,1-3H3,(H,31,36). The second-order valence-electron chi connectivity index (χ2n) is 8.89. The number of likely N-dealkylation sites (N-methyl/N-ethyl adjacent to an activating group) is 1. The van der Waals surface area contributed by atoms with Gasteiger partial charge in [-0.25, -0.2) is 13.5 Å². The van der Waals surface area contributed by atoms with Crippen molar-refractivity contribution in [1.29, 1.82) is 0 Å². The Hall–Kier alpha value is -4.60. The fourth-order valence-corrected chi connectivity index (χ4v) is 4.04. The zero-order valence-corrected chi connectivity index (χ0v) is 21.2. The summed E-state index contributed by atoms with van der Waals surface area (Å²) in [4.78, 5) is 27.9. The van der Waals surface area contributed by atoms with Crippen LogP contribution < -0.4 is 15.0 Å². The van der Waals surface area contributed by atoms with Gasteiger partial charge in [-0.05, 0) is 54.4 Å². The maximum absolute atomic E-state index is 13.9. The molecule has 196 valence electrons. The summed E-state index contributed by atoms with van der Waals surface area (Å²) in [7, 11) is 3.08. The molecular weight excluding hydrogens is 492 g/mol. The van der Waals surface area contributed by atoms with Crippen molar-refractivity contribution in [1.82, 2.24) is 20.3 Å². The fraction of sp³-hybridized carbons (Fsp3) is 0.214. The van der Waals surface area contributed by atoms with Crippen molar-refractivity contribution in [2.24, 2.45) is 0 Å². The summed E-state index contributed by atoms with van der Waals surface area (Å²) in [6.07, 6.45) is 1.34. The van der Waals surface area contributed by atoms with Gasteiger partial charge in [0.05, 0.1) is 19.9 Å². The predicted octanol–water partition coefficient (Wildman–Crippen LogP) is 3.93. The van der Waals surface area contributed by atoms with Crippen molar-refractivity contribution in [3.63, 3.8) is 0 Å². The lowest BCUT2D eigenvalue weighted by molar-refractivity contribution is -0.120. The Morgan fingerprint density at radius 2 is 1.74 bits per heavy atom. The van der Waals surface area contributed by atoms with Crippen LogP contribution in [0, 0.1) is 18.6 Å². The van der Waals surface area contributed by atoms with E-state index in [0.717, 1.165) is 29.3 Å². The molecule has 0 bridgehead atoms. The Morgan fingerprint density at radius 1 is 1.03 bits per heavy atom. The topological polar surface area (TPSA) is 89.4 Å². The summed E-state index contributed by atoms with van der Waals surface area (Å²) < 4.78 is 34.4. The van der Waals surface area contributed by atoms with E-state index in [1.807, 2.05) is 31.2 Å². The minimum atomic E-state index is -1.14. The molecule has 0 fully saturated rings. The van der Waals surface area contributed by atoms with Gasteiger partial charge in [0.15, 0.2) is 5.69 Å². The van der Waals surface area contributed by atoms with E-state index < -0.39 is 29.5 Å². The number of nitrogens with one attached hydrogen (secondary N) is 1. The molecule has 3 aromatic carbocycles. The van der Waals surface area contributed by atoms with Crippen molar-refractivity contribution in [2.75, 3.05) is 19.1 Å². The average molecular weight is 520 g/mol. The van der Waals surface area contributed by atoms with Crippen LogP contribution in [0.4, 0.5) is 14.5 Å². The molecule has 10 heteroatoms. The maximum Gasteiger partial charge on any atom is 0.274 e. The van der Waals surface area contributed by atoms with Crippen molar-refractivity contribution < 1.29 is 23.1 Å². The molecule has 0 aliphatic heterocycles. The smallest absolute Gasteiger partial charge is 0.274 e. The number of hydrogen-bond acceptors (Lipinski definition) is 5. The van der Waals surface area contributed by atoms with Crippen LogP contribution in [0.15, 0.2) is 72.9 Å². The highest BCUT2D eigenvalue weighted by Crippen LogP contribution is 2.20. The molecule has 1 atom stereocenters. The molecule has 0 aliphatic rings.